The van der Waals surface area contributed by atoms with Gasteiger partial charge in [0.2, 0.25) is 0 Å². The molecule has 2 aliphatic heterocycles. The number of amidine groups is 1. The topological polar surface area (TPSA) is 63.6 Å². The largest absolute Gasteiger partial charge is 0.456 e. The van der Waals surface area contributed by atoms with E-state index in [1.165, 1.54) is 0 Å². The van der Waals surface area contributed by atoms with Crippen LogP contribution >= 0.6 is 0 Å². The number of hydrogen-bond acceptors (Lipinski definition) is 5. The van der Waals surface area contributed by atoms with Gasteiger partial charge in [0, 0.05) is 18.0 Å². The molecule has 1 atom stereocenters. The number of carbonyl (C=O) groups excluding carboxylic acids is 1. The summed E-state index contributed by atoms with van der Waals surface area (Å²) in [6, 6.07) is 13.2. The standard InChI is InChI=1S/C17H13N3O2/c21-17-14-13(10-22-17)19-16(12-4-2-1-3-5-12)20-15(14)11-6-8-18-9-7-11/h1-9,15H,10H2,(H,19,20). The number of ether oxygens (including phenoxy) is 1. The van der Waals surface area contributed by atoms with Gasteiger partial charge in [-0.2, -0.15) is 0 Å². The highest BCUT2D eigenvalue weighted by molar-refractivity contribution is 6.04. The van der Waals surface area contributed by atoms with Gasteiger partial charge in [-0.25, -0.2) is 4.79 Å². The zero-order chi connectivity index (χ0) is 14.9. The van der Waals surface area contributed by atoms with Crippen molar-refractivity contribution in [2.75, 3.05) is 6.61 Å². The minimum Gasteiger partial charge on any atom is -0.456 e. The number of benzene rings is 1. The molecule has 1 N–H and O–H groups in total. The van der Waals surface area contributed by atoms with Crippen molar-refractivity contribution in [3.8, 4) is 0 Å². The van der Waals surface area contributed by atoms with Crippen molar-refractivity contribution < 1.29 is 9.53 Å². The van der Waals surface area contributed by atoms with Crippen LogP contribution < -0.4 is 5.32 Å². The monoisotopic (exact) mass is 291 g/mol. The van der Waals surface area contributed by atoms with Crippen molar-refractivity contribution in [3.05, 3.63) is 77.3 Å². The van der Waals surface area contributed by atoms with Gasteiger partial charge in [-0.05, 0) is 17.7 Å². The van der Waals surface area contributed by atoms with E-state index in [1.54, 1.807) is 12.4 Å². The van der Waals surface area contributed by atoms with E-state index >= 15 is 0 Å². The summed E-state index contributed by atoms with van der Waals surface area (Å²) in [6.07, 6.45) is 3.41. The quantitative estimate of drug-likeness (QED) is 0.859. The van der Waals surface area contributed by atoms with Gasteiger partial charge in [0.25, 0.3) is 0 Å². The SMILES string of the molecule is O=C1OCC2=C1C(c1ccncc1)N=C(c1ccccc1)N2. The molecule has 5 nitrogen and oxygen atoms in total. The summed E-state index contributed by atoms with van der Waals surface area (Å²) < 4.78 is 5.17. The van der Waals surface area contributed by atoms with Crippen molar-refractivity contribution >= 4 is 11.8 Å². The first-order valence-electron chi connectivity index (χ1n) is 7.03. The van der Waals surface area contributed by atoms with Crippen LogP contribution in [0.2, 0.25) is 0 Å². The molecule has 0 bridgehead atoms. The van der Waals surface area contributed by atoms with E-state index < -0.39 is 0 Å². The Labute approximate surface area is 127 Å². The van der Waals surface area contributed by atoms with Crippen LogP contribution in [0, 0.1) is 0 Å². The molecular formula is C17H13N3O2. The van der Waals surface area contributed by atoms with Gasteiger partial charge in [-0.3, -0.25) is 9.98 Å². The van der Waals surface area contributed by atoms with Crippen LogP contribution in [-0.2, 0) is 9.53 Å². The molecule has 0 radical (unpaired) electrons. The predicted molar refractivity (Wildman–Crippen MR) is 81.1 cm³/mol. The third kappa shape index (κ3) is 2.07. The molecule has 0 amide bonds. The van der Waals surface area contributed by atoms with E-state index in [2.05, 4.69) is 10.3 Å². The number of nitrogens with zero attached hydrogens (tertiary/aromatic N) is 2. The molecule has 1 unspecified atom stereocenters. The fourth-order valence-electron chi connectivity index (χ4n) is 2.70. The van der Waals surface area contributed by atoms with Gasteiger partial charge in [0.1, 0.15) is 18.5 Å². The van der Waals surface area contributed by atoms with Crippen LogP contribution in [0.1, 0.15) is 17.2 Å². The second-order valence-electron chi connectivity index (χ2n) is 5.12. The normalized spacial score (nSPS) is 20.1. The van der Waals surface area contributed by atoms with Crippen LogP contribution in [0.3, 0.4) is 0 Å². The summed E-state index contributed by atoms with van der Waals surface area (Å²) in [7, 11) is 0. The average molecular weight is 291 g/mol. The Balaban J connectivity index is 1.82. The zero-order valence-corrected chi connectivity index (χ0v) is 11.7. The molecular weight excluding hydrogens is 278 g/mol. The average Bonchev–Trinajstić information content (AvgIpc) is 2.97. The second kappa shape index (κ2) is 5.11. The molecule has 108 valence electrons. The van der Waals surface area contributed by atoms with Crippen LogP contribution in [0.5, 0.6) is 0 Å². The minimum absolute atomic E-state index is 0.265. The van der Waals surface area contributed by atoms with Crippen LogP contribution in [0.15, 0.2) is 71.1 Å². The van der Waals surface area contributed by atoms with Gasteiger partial charge in [0.15, 0.2) is 0 Å². The smallest absolute Gasteiger partial charge is 0.338 e. The molecule has 1 aromatic heterocycles. The molecule has 5 heteroatoms. The highest BCUT2D eigenvalue weighted by Gasteiger charge is 2.36. The number of cyclic esters (lactones) is 1. The number of carbonyl (C=O) groups is 1. The van der Waals surface area contributed by atoms with Gasteiger partial charge >= 0.3 is 5.97 Å². The van der Waals surface area contributed by atoms with Gasteiger partial charge in [-0.1, -0.05) is 30.3 Å². The zero-order valence-electron chi connectivity index (χ0n) is 11.7. The predicted octanol–water partition coefficient (Wildman–Crippen LogP) is 1.98. The first-order valence-corrected chi connectivity index (χ1v) is 7.03. The molecule has 1 aromatic carbocycles. The number of aliphatic imine (C=N–C) groups is 1. The summed E-state index contributed by atoms with van der Waals surface area (Å²) >= 11 is 0. The van der Waals surface area contributed by atoms with E-state index in [0.29, 0.717) is 5.57 Å². The molecule has 3 heterocycles. The fraction of sp³-hybridized carbons (Fsp3) is 0.118. The van der Waals surface area contributed by atoms with E-state index in [4.69, 9.17) is 9.73 Å². The second-order valence-corrected chi connectivity index (χ2v) is 5.12. The highest BCUT2D eigenvalue weighted by atomic mass is 16.5. The third-order valence-electron chi connectivity index (χ3n) is 3.76. The Hall–Kier alpha value is -2.95. The summed E-state index contributed by atoms with van der Waals surface area (Å²) in [5.74, 6) is 0.444. The van der Waals surface area contributed by atoms with E-state index in [-0.39, 0.29) is 18.6 Å². The molecule has 2 aromatic rings. The van der Waals surface area contributed by atoms with Crippen molar-refractivity contribution in [1.29, 1.82) is 0 Å². The molecule has 0 fully saturated rings. The Morgan fingerprint density at radius 2 is 1.86 bits per heavy atom. The lowest BCUT2D eigenvalue weighted by atomic mass is 9.97. The maximum absolute atomic E-state index is 12.0. The maximum Gasteiger partial charge on any atom is 0.338 e. The van der Waals surface area contributed by atoms with E-state index in [9.17, 15) is 4.79 Å². The van der Waals surface area contributed by atoms with Crippen molar-refractivity contribution in [2.24, 2.45) is 4.99 Å². The number of hydrogen-bond donors (Lipinski definition) is 1. The fourth-order valence-corrected chi connectivity index (χ4v) is 2.70. The van der Waals surface area contributed by atoms with Crippen molar-refractivity contribution in [2.45, 2.75) is 6.04 Å². The first kappa shape index (κ1) is 12.8. The molecule has 0 saturated carbocycles. The summed E-state index contributed by atoms with van der Waals surface area (Å²) in [6.45, 7) is 0.265. The van der Waals surface area contributed by atoms with E-state index in [0.717, 1.165) is 22.7 Å². The maximum atomic E-state index is 12.0. The Morgan fingerprint density at radius 3 is 2.64 bits per heavy atom. The van der Waals surface area contributed by atoms with Gasteiger partial charge in [-0.15, -0.1) is 0 Å². The molecule has 4 rings (SSSR count). The lowest BCUT2D eigenvalue weighted by Crippen LogP contribution is -2.31. The first-order chi connectivity index (χ1) is 10.8. The number of esters is 1. The molecule has 0 spiro atoms. The van der Waals surface area contributed by atoms with Crippen molar-refractivity contribution in [1.82, 2.24) is 10.3 Å². The molecule has 2 aliphatic rings. The number of rotatable bonds is 2. The third-order valence-corrected chi connectivity index (χ3v) is 3.76. The highest BCUT2D eigenvalue weighted by Crippen LogP contribution is 2.34. The number of nitrogens with one attached hydrogen (secondary N) is 1. The minimum atomic E-state index is -0.357. The lowest BCUT2D eigenvalue weighted by Gasteiger charge is -2.22. The molecule has 0 saturated heterocycles. The van der Waals surface area contributed by atoms with Crippen molar-refractivity contribution in [3.63, 3.8) is 0 Å². The summed E-state index contributed by atoms with van der Waals surface area (Å²) in [4.78, 5) is 20.8. The summed E-state index contributed by atoms with van der Waals surface area (Å²) in [5, 5.41) is 3.23. The van der Waals surface area contributed by atoms with Gasteiger partial charge in [0.05, 0.1) is 11.3 Å². The lowest BCUT2D eigenvalue weighted by molar-refractivity contribution is -0.136. The van der Waals surface area contributed by atoms with E-state index in [1.807, 2.05) is 42.5 Å². The Morgan fingerprint density at radius 1 is 1.09 bits per heavy atom. The molecule has 0 aliphatic carbocycles. The van der Waals surface area contributed by atoms with Crippen LogP contribution in [-0.4, -0.2) is 23.4 Å². The Kier molecular flexibility index (Phi) is 2.96. The number of aromatic nitrogens is 1. The molecule has 22 heavy (non-hydrogen) atoms. The van der Waals surface area contributed by atoms with Crippen LogP contribution in [0.25, 0.3) is 0 Å². The number of pyridine rings is 1. The Bertz CT molecular complexity index is 782. The summed E-state index contributed by atoms with van der Waals surface area (Å²) in [5.41, 5.74) is 3.29. The van der Waals surface area contributed by atoms with Gasteiger partial charge < -0.3 is 10.1 Å². The van der Waals surface area contributed by atoms with Crippen LogP contribution in [0.4, 0.5) is 0 Å².